The largest absolute Gasteiger partial charge is 0.356 e. The minimum absolute atomic E-state index is 0.254. The van der Waals surface area contributed by atoms with Crippen LogP contribution < -0.4 is 4.90 Å². The van der Waals surface area contributed by atoms with Gasteiger partial charge in [-0.25, -0.2) is 9.97 Å². The molecule has 0 saturated heterocycles. The van der Waals surface area contributed by atoms with Gasteiger partial charge in [0.05, 0.1) is 5.39 Å². The number of nitrogens with zero attached hydrogens (tertiary/aromatic N) is 3. The van der Waals surface area contributed by atoms with E-state index < -0.39 is 0 Å². The van der Waals surface area contributed by atoms with Gasteiger partial charge in [0.2, 0.25) is 0 Å². The maximum absolute atomic E-state index is 4.43. The Labute approximate surface area is 102 Å². The lowest BCUT2D eigenvalue weighted by atomic mass is 9.96. The highest BCUT2D eigenvalue weighted by molar-refractivity contribution is 5.87. The molecule has 2 rings (SSSR count). The molecule has 0 bridgehead atoms. The highest BCUT2D eigenvalue weighted by Gasteiger charge is 2.18. The highest BCUT2D eigenvalue weighted by Crippen LogP contribution is 2.25. The van der Waals surface area contributed by atoms with Gasteiger partial charge in [0.1, 0.15) is 17.8 Å². The Bertz CT molecular complexity index is 495. The van der Waals surface area contributed by atoms with Gasteiger partial charge in [0.25, 0.3) is 0 Å². The van der Waals surface area contributed by atoms with Crippen LogP contribution in [0.25, 0.3) is 11.0 Å². The van der Waals surface area contributed by atoms with Crippen LogP contribution in [0, 0.1) is 5.41 Å². The van der Waals surface area contributed by atoms with E-state index in [1.54, 1.807) is 6.33 Å². The van der Waals surface area contributed by atoms with Crippen LogP contribution >= 0.6 is 0 Å². The van der Waals surface area contributed by atoms with Gasteiger partial charge in [0.15, 0.2) is 0 Å². The third kappa shape index (κ3) is 2.57. The maximum Gasteiger partial charge on any atom is 0.142 e. The summed E-state index contributed by atoms with van der Waals surface area (Å²) in [5.74, 6) is 1.02. The lowest BCUT2D eigenvalue weighted by Gasteiger charge is -2.30. The van der Waals surface area contributed by atoms with Crippen LogP contribution in [0.4, 0.5) is 5.82 Å². The molecular formula is C13H20N4. The first-order valence-electron chi connectivity index (χ1n) is 6.04. The molecule has 2 aromatic rings. The summed E-state index contributed by atoms with van der Waals surface area (Å²) in [6.07, 6.45) is 3.53. The summed E-state index contributed by atoms with van der Waals surface area (Å²) in [5, 5.41) is 1.10. The van der Waals surface area contributed by atoms with E-state index in [0.717, 1.165) is 29.9 Å². The van der Waals surface area contributed by atoms with Gasteiger partial charge in [0, 0.05) is 19.3 Å². The summed E-state index contributed by atoms with van der Waals surface area (Å²) >= 11 is 0. The van der Waals surface area contributed by atoms with Crippen molar-refractivity contribution in [2.75, 3.05) is 18.0 Å². The summed E-state index contributed by atoms with van der Waals surface area (Å²) < 4.78 is 0. The van der Waals surface area contributed by atoms with E-state index in [1.807, 2.05) is 12.3 Å². The number of aromatic nitrogens is 3. The van der Waals surface area contributed by atoms with Crippen LogP contribution in [-0.4, -0.2) is 28.0 Å². The van der Waals surface area contributed by atoms with Crippen molar-refractivity contribution in [2.45, 2.75) is 27.7 Å². The molecule has 0 fully saturated rings. The fraction of sp³-hybridized carbons (Fsp3) is 0.538. The van der Waals surface area contributed by atoms with Crippen molar-refractivity contribution in [1.29, 1.82) is 0 Å². The summed E-state index contributed by atoms with van der Waals surface area (Å²) in [6.45, 7) is 10.8. The van der Waals surface area contributed by atoms with Gasteiger partial charge in [-0.05, 0) is 18.4 Å². The molecule has 0 atom stereocenters. The Balaban J connectivity index is 2.39. The van der Waals surface area contributed by atoms with Crippen LogP contribution in [0.1, 0.15) is 27.7 Å². The average molecular weight is 232 g/mol. The molecule has 4 nitrogen and oxygen atoms in total. The third-order valence-electron chi connectivity index (χ3n) is 2.68. The number of H-pyrrole nitrogens is 1. The Morgan fingerprint density at radius 2 is 2.06 bits per heavy atom. The van der Waals surface area contributed by atoms with E-state index in [9.17, 15) is 0 Å². The van der Waals surface area contributed by atoms with Crippen molar-refractivity contribution in [3.8, 4) is 0 Å². The SMILES string of the molecule is CCN(CC(C)(C)C)c1ncnc2[nH]ccc12. The van der Waals surface area contributed by atoms with Gasteiger partial charge in [-0.1, -0.05) is 20.8 Å². The van der Waals surface area contributed by atoms with E-state index in [0.29, 0.717) is 0 Å². The molecule has 1 N–H and O–H groups in total. The Kier molecular flexibility index (Phi) is 3.05. The second kappa shape index (κ2) is 4.35. The molecule has 0 amide bonds. The minimum atomic E-state index is 0.254. The van der Waals surface area contributed by atoms with E-state index in [-0.39, 0.29) is 5.41 Å². The van der Waals surface area contributed by atoms with Crippen LogP contribution in [-0.2, 0) is 0 Å². The molecule has 4 heteroatoms. The summed E-state index contributed by atoms with van der Waals surface area (Å²) in [5.41, 5.74) is 1.16. The summed E-state index contributed by atoms with van der Waals surface area (Å²) in [6, 6.07) is 2.04. The van der Waals surface area contributed by atoms with E-state index in [2.05, 4.69) is 47.5 Å². The number of anilines is 1. The first kappa shape index (κ1) is 11.9. The van der Waals surface area contributed by atoms with Gasteiger partial charge in [-0.15, -0.1) is 0 Å². The number of hydrogen-bond donors (Lipinski definition) is 1. The van der Waals surface area contributed by atoms with E-state index >= 15 is 0 Å². The van der Waals surface area contributed by atoms with Crippen molar-refractivity contribution in [3.05, 3.63) is 18.6 Å². The van der Waals surface area contributed by atoms with Crippen LogP contribution in [0.2, 0.25) is 0 Å². The topological polar surface area (TPSA) is 44.8 Å². The molecule has 2 aromatic heterocycles. The second-order valence-corrected chi connectivity index (χ2v) is 5.51. The maximum atomic E-state index is 4.43. The summed E-state index contributed by atoms with van der Waals surface area (Å²) in [7, 11) is 0. The molecule has 0 aliphatic rings. The second-order valence-electron chi connectivity index (χ2n) is 5.51. The Morgan fingerprint density at radius 1 is 1.29 bits per heavy atom. The predicted octanol–water partition coefficient (Wildman–Crippen LogP) is 2.83. The minimum Gasteiger partial charge on any atom is -0.356 e. The molecule has 2 heterocycles. The number of nitrogens with one attached hydrogen (secondary N) is 1. The predicted molar refractivity (Wildman–Crippen MR) is 71.2 cm³/mol. The fourth-order valence-electron chi connectivity index (χ4n) is 2.02. The first-order valence-corrected chi connectivity index (χ1v) is 6.04. The van der Waals surface area contributed by atoms with Gasteiger partial charge in [-0.3, -0.25) is 0 Å². The monoisotopic (exact) mass is 232 g/mol. The zero-order valence-corrected chi connectivity index (χ0v) is 11.0. The Morgan fingerprint density at radius 3 is 2.71 bits per heavy atom. The molecule has 0 radical (unpaired) electrons. The zero-order chi connectivity index (χ0) is 12.5. The standard InChI is InChI=1S/C13H20N4/c1-5-17(8-13(2,3)4)12-10-6-7-14-11(10)15-9-16-12/h6-7,9H,5,8H2,1-4H3,(H,14,15,16). The van der Waals surface area contributed by atoms with Gasteiger partial charge < -0.3 is 9.88 Å². The number of rotatable bonds is 3. The Hall–Kier alpha value is -1.58. The number of fused-ring (bicyclic) bond motifs is 1. The molecule has 0 aliphatic carbocycles. The molecule has 0 saturated carbocycles. The van der Waals surface area contributed by atoms with Gasteiger partial charge in [-0.2, -0.15) is 0 Å². The van der Waals surface area contributed by atoms with Crippen LogP contribution in [0.3, 0.4) is 0 Å². The molecular weight excluding hydrogens is 212 g/mol. The van der Waals surface area contributed by atoms with Crippen molar-refractivity contribution in [1.82, 2.24) is 15.0 Å². The number of aromatic amines is 1. The molecule has 0 unspecified atom stereocenters. The van der Waals surface area contributed by atoms with Crippen molar-refractivity contribution >= 4 is 16.9 Å². The van der Waals surface area contributed by atoms with Crippen molar-refractivity contribution in [2.24, 2.45) is 5.41 Å². The lowest BCUT2D eigenvalue weighted by Crippen LogP contribution is -2.33. The molecule has 92 valence electrons. The normalized spacial score (nSPS) is 12.0. The highest BCUT2D eigenvalue weighted by atomic mass is 15.2. The smallest absolute Gasteiger partial charge is 0.142 e. The fourth-order valence-corrected chi connectivity index (χ4v) is 2.02. The summed E-state index contributed by atoms with van der Waals surface area (Å²) in [4.78, 5) is 14.1. The van der Waals surface area contributed by atoms with E-state index in [4.69, 9.17) is 0 Å². The number of hydrogen-bond acceptors (Lipinski definition) is 3. The lowest BCUT2D eigenvalue weighted by molar-refractivity contribution is 0.411. The molecule has 0 aromatic carbocycles. The van der Waals surface area contributed by atoms with Crippen molar-refractivity contribution < 1.29 is 0 Å². The first-order chi connectivity index (χ1) is 8.01. The van der Waals surface area contributed by atoms with Crippen molar-refractivity contribution in [3.63, 3.8) is 0 Å². The van der Waals surface area contributed by atoms with Crippen LogP contribution in [0.15, 0.2) is 18.6 Å². The van der Waals surface area contributed by atoms with Crippen LogP contribution in [0.5, 0.6) is 0 Å². The van der Waals surface area contributed by atoms with E-state index in [1.165, 1.54) is 0 Å². The molecule has 0 spiro atoms. The quantitative estimate of drug-likeness (QED) is 0.885. The zero-order valence-electron chi connectivity index (χ0n) is 11.0. The average Bonchev–Trinajstić information content (AvgIpc) is 2.72. The third-order valence-corrected chi connectivity index (χ3v) is 2.68. The molecule has 17 heavy (non-hydrogen) atoms. The molecule has 0 aliphatic heterocycles. The van der Waals surface area contributed by atoms with Gasteiger partial charge >= 0.3 is 0 Å².